The van der Waals surface area contributed by atoms with Crippen molar-refractivity contribution < 1.29 is 9.68 Å². The summed E-state index contributed by atoms with van der Waals surface area (Å²) in [6, 6.07) is 17.8. The van der Waals surface area contributed by atoms with Crippen LogP contribution in [-0.2, 0) is 21.7 Å². The van der Waals surface area contributed by atoms with Crippen molar-refractivity contribution in [1.82, 2.24) is 5.32 Å². The second kappa shape index (κ2) is 10.7. The molecule has 2 N–H and O–H groups in total. The molecule has 1 saturated heterocycles. The molecule has 6 nitrogen and oxygen atoms in total. The highest BCUT2D eigenvalue weighted by molar-refractivity contribution is 6.02. The van der Waals surface area contributed by atoms with Gasteiger partial charge in [-0.25, -0.2) is 0 Å². The molecule has 0 spiro atoms. The van der Waals surface area contributed by atoms with Crippen molar-refractivity contribution in [3.8, 4) is 0 Å². The van der Waals surface area contributed by atoms with Crippen molar-refractivity contribution in [2.24, 2.45) is 16.2 Å². The van der Waals surface area contributed by atoms with E-state index in [-0.39, 0.29) is 17.2 Å². The molecule has 0 amide bonds. The van der Waals surface area contributed by atoms with E-state index in [9.17, 15) is 0 Å². The maximum atomic E-state index is 8.29. The first kappa shape index (κ1) is 25.1. The third-order valence-corrected chi connectivity index (χ3v) is 7.02. The summed E-state index contributed by atoms with van der Waals surface area (Å²) >= 11 is 0. The summed E-state index contributed by atoms with van der Waals surface area (Å²) in [7, 11) is 0. The number of hydrogen-bond acceptors (Lipinski definition) is 6. The fourth-order valence-electron chi connectivity index (χ4n) is 4.54. The van der Waals surface area contributed by atoms with Crippen LogP contribution in [0.5, 0.6) is 0 Å². The van der Waals surface area contributed by atoms with Crippen LogP contribution in [0.25, 0.3) is 0 Å². The molecule has 1 aliphatic heterocycles. The molecule has 2 unspecified atom stereocenters. The molecule has 4 rings (SSSR count). The molecule has 186 valence electrons. The minimum absolute atomic E-state index is 0.143. The minimum Gasteiger partial charge on any atom is -0.391 e. The second-order valence-corrected chi connectivity index (χ2v) is 10.7. The highest BCUT2D eigenvalue weighted by Crippen LogP contribution is 2.33. The van der Waals surface area contributed by atoms with Gasteiger partial charge in [-0.15, -0.1) is 0 Å². The Balaban J connectivity index is 1.31. The lowest BCUT2D eigenvalue weighted by atomic mass is 9.87. The Bertz CT molecular complexity index is 1080. The lowest BCUT2D eigenvalue weighted by Gasteiger charge is -2.19. The van der Waals surface area contributed by atoms with Gasteiger partial charge >= 0.3 is 0 Å². The van der Waals surface area contributed by atoms with Crippen LogP contribution in [-0.4, -0.2) is 29.4 Å². The van der Waals surface area contributed by atoms with E-state index in [1.807, 2.05) is 38.1 Å². The van der Waals surface area contributed by atoms with Crippen molar-refractivity contribution in [2.45, 2.75) is 84.4 Å². The monoisotopic (exact) mass is 474 g/mol. The summed E-state index contributed by atoms with van der Waals surface area (Å²) < 4.78 is 0. The SMILES string of the molecule is CC/C(=N\OC(=N)[C@@H]1CCC2NC2C1)c1ccc(/C(C)=N/OCc2ccc(C(C)(C)C)cc2)cc1. The zero-order chi connectivity index (χ0) is 25.0. The fraction of sp³-hybridized carbons (Fsp3) is 0.483. The Morgan fingerprint density at radius 2 is 1.66 bits per heavy atom. The molecular weight excluding hydrogens is 436 g/mol. The Labute approximate surface area is 209 Å². The van der Waals surface area contributed by atoms with E-state index in [4.69, 9.17) is 15.1 Å². The molecule has 0 radical (unpaired) electrons. The molecule has 2 aromatic rings. The van der Waals surface area contributed by atoms with Crippen LogP contribution in [0.1, 0.15) is 82.6 Å². The van der Waals surface area contributed by atoms with Crippen LogP contribution in [0.3, 0.4) is 0 Å². The summed E-state index contributed by atoms with van der Waals surface area (Å²) in [6.07, 6.45) is 3.84. The van der Waals surface area contributed by atoms with Gasteiger partial charge in [-0.05, 0) is 60.3 Å². The molecule has 3 atom stereocenters. The summed E-state index contributed by atoms with van der Waals surface area (Å²) in [4.78, 5) is 11.2. The van der Waals surface area contributed by atoms with Gasteiger partial charge in [0.05, 0.1) is 11.4 Å². The van der Waals surface area contributed by atoms with Crippen molar-refractivity contribution in [3.63, 3.8) is 0 Å². The van der Waals surface area contributed by atoms with Gasteiger partial charge in [0.25, 0.3) is 0 Å². The van der Waals surface area contributed by atoms with Crippen LogP contribution in [0.15, 0.2) is 58.8 Å². The van der Waals surface area contributed by atoms with Crippen molar-refractivity contribution in [3.05, 3.63) is 70.8 Å². The van der Waals surface area contributed by atoms with E-state index in [2.05, 4.69) is 60.7 Å². The van der Waals surface area contributed by atoms with Gasteiger partial charge in [-0.2, -0.15) is 0 Å². The number of nitrogens with zero attached hydrogens (tertiary/aromatic N) is 2. The van der Waals surface area contributed by atoms with Gasteiger partial charge < -0.3 is 15.0 Å². The maximum absolute atomic E-state index is 8.29. The van der Waals surface area contributed by atoms with E-state index >= 15 is 0 Å². The quantitative estimate of drug-likeness (QED) is 0.207. The fourth-order valence-corrected chi connectivity index (χ4v) is 4.54. The molecule has 1 saturated carbocycles. The Morgan fingerprint density at radius 3 is 2.29 bits per heavy atom. The van der Waals surface area contributed by atoms with Gasteiger partial charge in [0.1, 0.15) is 6.61 Å². The van der Waals surface area contributed by atoms with Gasteiger partial charge in [-0.1, -0.05) is 86.5 Å². The summed E-state index contributed by atoms with van der Waals surface area (Å²) in [5.74, 6) is 0.457. The zero-order valence-electron chi connectivity index (χ0n) is 21.6. The third-order valence-electron chi connectivity index (χ3n) is 7.02. The van der Waals surface area contributed by atoms with Crippen LogP contribution in [0, 0.1) is 11.3 Å². The lowest BCUT2D eigenvalue weighted by Crippen LogP contribution is -2.22. The van der Waals surface area contributed by atoms with Gasteiger partial charge in [-0.3, -0.25) is 5.41 Å². The topological polar surface area (TPSA) is 89.0 Å². The van der Waals surface area contributed by atoms with E-state index < -0.39 is 0 Å². The molecule has 2 aliphatic rings. The first-order valence-corrected chi connectivity index (χ1v) is 12.7. The lowest BCUT2D eigenvalue weighted by molar-refractivity contribution is 0.130. The Hall–Kier alpha value is -2.99. The number of hydrogen-bond donors (Lipinski definition) is 2. The highest BCUT2D eigenvalue weighted by atomic mass is 16.6. The van der Waals surface area contributed by atoms with Crippen molar-refractivity contribution in [2.75, 3.05) is 0 Å². The molecule has 2 aromatic carbocycles. The van der Waals surface area contributed by atoms with Crippen molar-refractivity contribution in [1.29, 1.82) is 5.41 Å². The molecule has 35 heavy (non-hydrogen) atoms. The van der Waals surface area contributed by atoms with Gasteiger partial charge in [0, 0.05) is 18.0 Å². The standard InChI is InChI=1S/C29H38N4O2/c1-6-25(33-35-28(30)23-13-16-26-27(17-23)31-26)22-11-9-21(10-12-22)19(2)32-34-18-20-7-14-24(15-8-20)29(3,4)5/h7-12,14-15,23,26-27,30-31H,6,13,16-18H2,1-5H3/b30-28?,32-19+,33-25+/t23-,26?,27?/m1/s1. The van der Waals surface area contributed by atoms with Crippen LogP contribution in [0.4, 0.5) is 0 Å². The molecule has 1 heterocycles. The third kappa shape index (κ3) is 6.57. The number of fused-ring (bicyclic) bond motifs is 1. The van der Waals surface area contributed by atoms with Crippen molar-refractivity contribution >= 4 is 17.3 Å². The molecule has 6 heteroatoms. The second-order valence-electron chi connectivity index (χ2n) is 10.7. The van der Waals surface area contributed by atoms with E-state index in [1.54, 1.807) is 0 Å². The highest BCUT2D eigenvalue weighted by Gasteiger charge is 2.43. The summed E-state index contributed by atoms with van der Waals surface area (Å²) in [5.41, 5.74) is 6.19. The largest absolute Gasteiger partial charge is 0.391 e. The van der Waals surface area contributed by atoms with E-state index in [0.717, 1.165) is 53.8 Å². The Morgan fingerprint density at radius 1 is 0.971 bits per heavy atom. The minimum atomic E-state index is 0.143. The van der Waals surface area contributed by atoms with Crippen LogP contribution in [0.2, 0.25) is 0 Å². The normalized spacial score (nSPS) is 22.4. The van der Waals surface area contributed by atoms with E-state index in [0.29, 0.717) is 18.7 Å². The number of nitrogens with one attached hydrogen (secondary N) is 2. The first-order chi connectivity index (χ1) is 16.7. The van der Waals surface area contributed by atoms with E-state index in [1.165, 1.54) is 5.56 Å². The predicted octanol–water partition coefficient (Wildman–Crippen LogP) is 6.17. The molecule has 0 aromatic heterocycles. The van der Waals surface area contributed by atoms with Crippen LogP contribution < -0.4 is 5.32 Å². The molecule has 0 bridgehead atoms. The summed E-state index contributed by atoms with van der Waals surface area (Å²) in [6.45, 7) is 11.1. The number of rotatable bonds is 8. The number of oxime groups is 2. The van der Waals surface area contributed by atoms with Crippen LogP contribution >= 0.6 is 0 Å². The maximum Gasteiger partial charge on any atom is 0.220 e. The smallest absolute Gasteiger partial charge is 0.220 e. The molecule has 2 fully saturated rings. The average molecular weight is 475 g/mol. The Kier molecular flexibility index (Phi) is 7.70. The predicted molar refractivity (Wildman–Crippen MR) is 142 cm³/mol. The molecular formula is C29H38N4O2. The van der Waals surface area contributed by atoms with Gasteiger partial charge in [0.2, 0.25) is 5.90 Å². The van der Waals surface area contributed by atoms with Gasteiger partial charge in [0.15, 0.2) is 0 Å². The first-order valence-electron chi connectivity index (χ1n) is 12.7. The average Bonchev–Trinajstić information content (AvgIpc) is 3.63. The number of benzene rings is 2. The molecule has 1 aliphatic carbocycles. The summed E-state index contributed by atoms with van der Waals surface area (Å²) in [5, 5.41) is 20.4. The zero-order valence-corrected chi connectivity index (χ0v) is 21.6.